The SMILES string of the molecule is CNC(=O)NC(=O)[C@H](C)N1CCO[C@@H](c2ccc(Br)cc2)C1. The molecule has 1 aliphatic rings. The quantitative estimate of drug-likeness (QED) is 0.849. The Morgan fingerprint density at radius 1 is 1.36 bits per heavy atom. The molecule has 0 spiro atoms. The zero-order chi connectivity index (χ0) is 16.1. The van der Waals surface area contributed by atoms with E-state index in [1.54, 1.807) is 6.92 Å². The average Bonchev–Trinajstić information content (AvgIpc) is 2.54. The summed E-state index contributed by atoms with van der Waals surface area (Å²) >= 11 is 3.41. The van der Waals surface area contributed by atoms with Gasteiger partial charge in [-0.3, -0.25) is 15.0 Å². The van der Waals surface area contributed by atoms with Crippen LogP contribution in [0.1, 0.15) is 18.6 Å². The molecule has 2 N–H and O–H groups in total. The third-order valence-electron chi connectivity index (χ3n) is 3.73. The van der Waals surface area contributed by atoms with E-state index in [0.717, 1.165) is 10.0 Å². The van der Waals surface area contributed by atoms with E-state index in [-0.39, 0.29) is 18.1 Å². The number of hydrogen-bond donors (Lipinski definition) is 2. The highest BCUT2D eigenvalue weighted by Crippen LogP contribution is 2.24. The van der Waals surface area contributed by atoms with Crippen molar-refractivity contribution in [3.05, 3.63) is 34.3 Å². The lowest BCUT2D eigenvalue weighted by atomic mass is 10.1. The van der Waals surface area contributed by atoms with E-state index < -0.39 is 6.03 Å². The first kappa shape index (κ1) is 16.9. The van der Waals surface area contributed by atoms with Gasteiger partial charge in [0.15, 0.2) is 0 Å². The fourth-order valence-electron chi connectivity index (χ4n) is 2.34. The number of amides is 3. The summed E-state index contributed by atoms with van der Waals surface area (Å²) in [6, 6.07) is 7.08. The minimum atomic E-state index is -0.491. The number of carbonyl (C=O) groups excluding carboxylic acids is 2. The third kappa shape index (κ3) is 4.28. The predicted octanol–water partition coefficient (Wildman–Crippen LogP) is 1.67. The summed E-state index contributed by atoms with van der Waals surface area (Å²) in [6.45, 7) is 3.62. The van der Waals surface area contributed by atoms with Crippen LogP contribution in [0.5, 0.6) is 0 Å². The number of urea groups is 1. The van der Waals surface area contributed by atoms with Crippen LogP contribution in [0, 0.1) is 0 Å². The Bertz CT molecular complexity index is 535. The minimum Gasteiger partial charge on any atom is -0.371 e. The molecule has 0 bridgehead atoms. The van der Waals surface area contributed by atoms with E-state index in [4.69, 9.17) is 4.74 Å². The maximum Gasteiger partial charge on any atom is 0.321 e. The number of ether oxygens (including phenoxy) is 1. The van der Waals surface area contributed by atoms with E-state index in [1.165, 1.54) is 7.05 Å². The van der Waals surface area contributed by atoms with E-state index in [2.05, 4.69) is 26.6 Å². The molecule has 1 aromatic rings. The largest absolute Gasteiger partial charge is 0.371 e. The van der Waals surface area contributed by atoms with Crippen LogP contribution in [0.4, 0.5) is 4.79 Å². The number of imide groups is 1. The van der Waals surface area contributed by atoms with Gasteiger partial charge in [0, 0.05) is 24.6 Å². The zero-order valence-electron chi connectivity index (χ0n) is 12.6. The van der Waals surface area contributed by atoms with Gasteiger partial charge in [-0.15, -0.1) is 0 Å². The Hall–Kier alpha value is -1.44. The van der Waals surface area contributed by atoms with Gasteiger partial charge in [-0.25, -0.2) is 4.79 Å². The Kier molecular flexibility index (Phi) is 5.93. The molecule has 2 atom stereocenters. The number of morpholine rings is 1. The Morgan fingerprint density at radius 3 is 2.68 bits per heavy atom. The van der Waals surface area contributed by atoms with Crippen LogP contribution < -0.4 is 10.6 Å². The molecule has 6 nitrogen and oxygen atoms in total. The lowest BCUT2D eigenvalue weighted by Gasteiger charge is -2.36. The highest BCUT2D eigenvalue weighted by molar-refractivity contribution is 9.10. The van der Waals surface area contributed by atoms with Gasteiger partial charge < -0.3 is 10.1 Å². The number of benzene rings is 1. The van der Waals surface area contributed by atoms with Gasteiger partial charge in [0.05, 0.1) is 18.8 Å². The maximum absolute atomic E-state index is 12.0. The van der Waals surface area contributed by atoms with Crippen molar-refractivity contribution in [2.75, 3.05) is 26.7 Å². The Balaban J connectivity index is 1.99. The molecule has 7 heteroatoms. The molecule has 3 amide bonds. The maximum atomic E-state index is 12.0. The average molecular weight is 370 g/mol. The van der Waals surface area contributed by atoms with Crippen LogP contribution in [-0.4, -0.2) is 49.6 Å². The second-order valence-electron chi connectivity index (χ2n) is 5.15. The van der Waals surface area contributed by atoms with Gasteiger partial charge in [0.25, 0.3) is 0 Å². The van der Waals surface area contributed by atoms with Crippen molar-refractivity contribution in [3.8, 4) is 0 Å². The highest BCUT2D eigenvalue weighted by Gasteiger charge is 2.29. The normalized spacial score (nSPS) is 20.2. The number of rotatable bonds is 3. The van der Waals surface area contributed by atoms with Crippen molar-refractivity contribution in [3.63, 3.8) is 0 Å². The van der Waals surface area contributed by atoms with Crippen molar-refractivity contribution < 1.29 is 14.3 Å². The molecule has 0 saturated carbocycles. The summed E-state index contributed by atoms with van der Waals surface area (Å²) in [4.78, 5) is 25.3. The summed E-state index contributed by atoms with van der Waals surface area (Å²) in [5.41, 5.74) is 1.08. The van der Waals surface area contributed by atoms with Crippen LogP contribution in [0.15, 0.2) is 28.7 Å². The van der Waals surface area contributed by atoms with Gasteiger partial charge in [0.2, 0.25) is 5.91 Å². The molecule has 0 unspecified atom stereocenters. The second kappa shape index (κ2) is 7.71. The predicted molar refractivity (Wildman–Crippen MR) is 86.5 cm³/mol. The zero-order valence-corrected chi connectivity index (χ0v) is 14.2. The van der Waals surface area contributed by atoms with E-state index in [1.807, 2.05) is 29.2 Å². The number of nitrogens with zero attached hydrogens (tertiary/aromatic N) is 1. The molecule has 0 aliphatic carbocycles. The highest BCUT2D eigenvalue weighted by atomic mass is 79.9. The lowest BCUT2D eigenvalue weighted by molar-refractivity contribution is -0.128. The van der Waals surface area contributed by atoms with Crippen molar-refractivity contribution >= 4 is 27.9 Å². The second-order valence-corrected chi connectivity index (χ2v) is 6.07. The van der Waals surface area contributed by atoms with E-state index in [0.29, 0.717) is 19.7 Å². The van der Waals surface area contributed by atoms with E-state index in [9.17, 15) is 9.59 Å². The van der Waals surface area contributed by atoms with Gasteiger partial charge in [0.1, 0.15) is 0 Å². The molecule has 0 aromatic heterocycles. The summed E-state index contributed by atoms with van der Waals surface area (Å²) in [6.07, 6.45) is -0.0721. The molecule has 2 rings (SSSR count). The van der Waals surface area contributed by atoms with E-state index >= 15 is 0 Å². The van der Waals surface area contributed by atoms with Crippen LogP contribution in [0.3, 0.4) is 0 Å². The summed E-state index contributed by atoms with van der Waals surface area (Å²) < 4.78 is 6.81. The molecule has 22 heavy (non-hydrogen) atoms. The van der Waals surface area contributed by atoms with Crippen molar-refractivity contribution in [2.45, 2.75) is 19.1 Å². The van der Waals surface area contributed by atoms with Crippen molar-refractivity contribution in [1.29, 1.82) is 0 Å². The fraction of sp³-hybridized carbons (Fsp3) is 0.467. The Labute approximate surface area is 138 Å². The van der Waals surface area contributed by atoms with Gasteiger partial charge in [-0.05, 0) is 24.6 Å². The minimum absolute atomic E-state index is 0.0721. The summed E-state index contributed by atoms with van der Waals surface area (Å²) in [7, 11) is 1.48. The number of hydrogen-bond acceptors (Lipinski definition) is 4. The third-order valence-corrected chi connectivity index (χ3v) is 4.26. The van der Waals surface area contributed by atoms with Crippen molar-refractivity contribution in [1.82, 2.24) is 15.5 Å². The Morgan fingerprint density at radius 2 is 2.05 bits per heavy atom. The number of carbonyl (C=O) groups is 2. The molecule has 1 heterocycles. The molecule has 120 valence electrons. The summed E-state index contributed by atoms with van der Waals surface area (Å²) in [5.74, 6) is -0.309. The molecule has 1 aliphatic heterocycles. The van der Waals surface area contributed by atoms with Crippen LogP contribution in [-0.2, 0) is 9.53 Å². The first-order chi connectivity index (χ1) is 10.5. The van der Waals surface area contributed by atoms with Crippen LogP contribution in [0.2, 0.25) is 0 Å². The monoisotopic (exact) mass is 369 g/mol. The lowest BCUT2D eigenvalue weighted by Crippen LogP contribution is -2.52. The van der Waals surface area contributed by atoms with Crippen molar-refractivity contribution in [2.24, 2.45) is 0 Å². The molecule has 1 saturated heterocycles. The fourth-order valence-corrected chi connectivity index (χ4v) is 2.61. The van der Waals surface area contributed by atoms with Crippen LogP contribution in [0.25, 0.3) is 0 Å². The molecule has 1 fully saturated rings. The van der Waals surface area contributed by atoms with Gasteiger partial charge >= 0.3 is 6.03 Å². The first-order valence-electron chi connectivity index (χ1n) is 7.15. The molecule has 1 aromatic carbocycles. The summed E-state index contributed by atoms with van der Waals surface area (Å²) in [5, 5.41) is 4.69. The number of halogens is 1. The van der Waals surface area contributed by atoms with Gasteiger partial charge in [-0.1, -0.05) is 28.1 Å². The smallest absolute Gasteiger partial charge is 0.321 e. The number of nitrogens with one attached hydrogen (secondary N) is 2. The first-order valence-corrected chi connectivity index (χ1v) is 7.94. The molecule has 0 radical (unpaired) electrons. The standard InChI is InChI=1S/C15H20BrN3O3/c1-10(14(20)18-15(21)17-2)19-7-8-22-13(9-19)11-3-5-12(16)6-4-11/h3-6,10,13H,7-9H2,1-2H3,(H2,17,18,20,21)/t10-,13+/m0/s1. The van der Waals surface area contributed by atoms with Crippen LogP contribution >= 0.6 is 15.9 Å². The van der Waals surface area contributed by atoms with Gasteiger partial charge in [-0.2, -0.15) is 0 Å². The topological polar surface area (TPSA) is 70.7 Å². The molecular formula is C15H20BrN3O3. The molecular weight excluding hydrogens is 350 g/mol.